The smallest absolute Gasteiger partial charge is 0.226 e. The van der Waals surface area contributed by atoms with Crippen LogP contribution in [0.15, 0.2) is 47.2 Å². The van der Waals surface area contributed by atoms with Crippen LogP contribution in [0.3, 0.4) is 0 Å². The van der Waals surface area contributed by atoms with Gasteiger partial charge < -0.3 is 10.6 Å². The molecule has 3 heterocycles. The summed E-state index contributed by atoms with van der Waals surface area (Å²) in [5, 5.41) is 17.5. The van der Waals surface area contributed by atoms with Crippen LogP contribution in [0.5, 0.6) is 0 Å². The van der Waals surface area contributed by atoms with Crippen LogP contribution in [0.4, 0.5) is 16.0 Å². The van der Waals surface area contributed by atoms with Crippen LogP contribution in [-0.4, -0.2) is 48.6 Å². The summed E-state index contributed by atoms with van der Waals surface area (Å²) >= 11 is 0. The maximum absolute atomic E-state index is 13.3. The number of allylic oxidation sites excluding steroid dienone is 2. The number of hydrogen-bond donors (Lipinski definition) is 3. The van der Waals surface area contributed by atoms with E-state index in [4.69, 9.17) is 9.97 Å². The number of carbonyl (C=O) groups excluding carboxylic acids is 1. The molecule has 0 aromatic carbocycles. The Bertz CT molecular complexity index is 1400. The summed E-state index contributed by atoms with van der Waals surface area (Å²) in [6.45, 7) is 13.3. The van der Waals surface area contributed by atoms with Gasteiger partial charge >= 0.3 is 0 Å². The van der Waals surface area contributed by atoms with Crippen molar-refractivity contribution in [3.8, 4) is 0 Å². The Kier molecular flexibility index (Phi) is 8.37. The monoisotopic (exact) mass is 533 g/mol. The summed E-state index contributed by atoms with van der Waals surface area (Å²) in [5.74, 6) is 2.38. The van der Waals surface area contributed by atoms with Crippen molar-refractivity contribution in [1.29, 1.82) is 0 Å². The first-order valence-electron chi connectivity index (χ1n) is 13.1. The number of anilines is 2. The van der Waals surface area contributed by atoms with Gasteiger partial charge in [-0.1, -0.05) is 18.6 Å². The summed E-state index contributed by atoms with van der Waals surface area (Å²) in [7, 11) is 0. The standard InChI is InChI=1S/C28H36FN9O/c1-17(7-8-25(30-6)38-16-22(29)15-31-38)20(4)33-27(39)28(5)11-9-21(10-12-28)26-32-18(2)13-23(35-26)34-24-14-19(3)36-37-24/h7-8,13-16,20-21H,6,9-12H2,1-5H3,(H,33,39)(H2,32,34,35,36,37)/b17-7+,25-8+/t20-,21?,28?/m0/s1. The van der Waals surface area contributed by atoms with Crippen molar-refractivity contribution in [2.45, 2.75) is 72.3 Å². The van der Waals surface area contributed by atoms with E-state index in [2.05, 4.69) is 37.6 Å². The molecule has 1 aliphatic rings. The molecular weight excluding hydrogens is 497 g/mol. The summed E-state index contributed by atoms with van der Waals surface area (Å²) in [6.07, 6.45) is 9.01. The third-order valence-electron chi connectivity index (χ3n) is 7.31. The van der Waals surface area contributed by atoms with Gasteiger partial charge in [0, 0.05) is 40.9 Å². The van der Waals surface area contributed by atoms with Crippen molar-refractivity contribution in [2.24, 2.45) is 10.4 Å². The molecule has 10 nitrogen and oxygen atoms in total. The Morgan fingerprint density at radius 2 is 2.00 bits per heavy atom. The van der Waals surface area contributed by atoms with E-state index in [-0.39, 0.29) is 17.9 Å². The Hall–Kier alpha value is -4.15. The molecule has 3 aromatic heterocycles. The Morgan fingerprint density at radius 3 is 2.62 bits per heavy atom. The van der Waals surface area contributed by atoms with Gasteiger partial charge in [-0.15, -0.1) is 0 Å². The molecule has 1 fully saturated rings. The number of aryl methyl sites for hydroxylation is 2. The molecule has 11 heteroatoms. The van der Waals surface area contributed by atoms with Gasteiger partial charge in [-0.05, 0) is 66.2 Å². The van der Waals surface area contributed by atoms with Crippen LogP contribution >= 0.6 is 0 Å². The molecule has 0 aliphatic heterocycles. The second kappa shape index (κ2) is 11.7. The van der Waals surface area contributed by atoms with Crippen LogP contribution < -0.4 is 10.6 Å². The number of nitrogens with one attached hydrogen (secondary N) is 3. The fourth-order valence-electron chi connectivity index (χ4n) is 4.65. The molecule has 1 atom stereocenters. The molecule has 1 aliphatic carbocycles. The fourth-order valence-corrected chi connectivity index (χ4v) is 4.65. The predicted octanol–water partition coefficient (Wildman–Crippen LogP) is 5.21. The van der Waals surface area contributed by atoms with Gasteiger partial charge in [0.1, 0.15) is 11.6 Å². The number of H-pyrrole nitrogens is 1. The van der Waals surface area contributed by atoms with Gasteiger partial charge in [0.05, 0.1) is 12.4 Å². The van der Waals surface area contributed by atoms with Crippen LogP contribution in [0.2, 0.25) is 0 Å². The Labute approximate surface area is 227 Å². The molecule has 0 bridgehead atoms. The molecule has 1 amide bonds. The van der Waals surface area contributed by atoms with E-state index in [0.717, 1.165) is 54.7 Å². The third-order valence-corrected chi connectivity index (χ3v) is 7.31. The first-order valence-corrected chi connectivity index (χ1v) is 13.1. The van der Waals surface area contributed by atoms with Crippen molar-refractivity contribution in [2.75, 3.05) is 5.32 Å². The molecule has 0 saturated heterocycles. The highest BCUT2D eigenvalue weighted by Gasteiger charge is 2.39. The van der Waals surface area contributed by atoms with E-state index in [0.29, 0.717) is 17.5 Å². The maximum Gasteiger partial charge on any atom is 0.226 e. The van der Waals surface area contributed by atoms with Gasteiger partial charge in [0.15, 0.2) is 17.5 Å². The summed E-state index contributed by atoms with van der Waals surface area (Å²) in [5.41, 5.74) is 2.31. The van der Waals surface area contributed by atoms with Crippen molar-refractivity contribution in [3.63, 3.8) is 0 Å². The van der Waals surface area contributed by atoms with E-state index in [9.17, 15) is 9.18 Å². The number of nitrogens with zero attached hydrogens (tertiary/aromatic N) is 6. The van der Waals surface area contributed by atoms with Crippen LogP contribution in [-0.2, 0) is 4.79 Å². The molecule has 0 spiro atoms. The lowest BCUT2D eigenvalue weighted by molar-refractivity contribution is -0.132. The third kappa shape index (κ3) is 6.84. The molecule has 0 radical (unpaired) electrons. The molecule has 1 saturated carbocycles. The quantitative estimate of drug-likeness (QED) is 0.256. The van der Waals surface area contributed by atoms with Gasteiger partial charge in [0.25, 0.3) is 0 Å². The molecule has 3 aromatic rings. The predicted molar refractivity (Wildman–Crippen MR) is 150 cm³/mol. The first-order chi connectivity index (χ1) is 18.6. The molecule has 39 heavy (non-hydrogen) atoms. The zero-order valence-corrected chi connectivity index (χ0v) is 23.1. The van der Waals surface area contributed by atoms with Gasteiger partial charge in [-0.25, -0.2) is 24.0 Å². The molecule has 3 N–H and O–H groups in total. The molecular formula is C28H36FN9O. The number of amides is 1. The Balaban J connectivity index is 1.36. The van der Waals surface area contributed by atoms with Gasteiger partial charge in [-0.2, -0.15) is 10.2 Å². The summed E-state index contributed by atoms with van der Waals surface area (Å²) in [4.78, 5) is 26.7. The van der Waals surface area contributed by atoms with Crippen LogP contribution in [0.1, 0.15) is 69.6 Å². The van der Waals surface area contributed by atoms with E-state index in [1.165, 1.54) is 10.9 Å². The number of halogens is 1. The largest absolute Gasteiger partial charge is 0.349 e. The minimum absolute atomic E-state index is 0.0304. The van der Waals surface area contributed by atoms with Gasteiger partial charge in [-0.3, -0.25) is 9.89 Å². The van der Waals surface area contributed by atoms with E-state index >= 15 is 0 Å². The molecule has 206 valence electrons. The summed E-state index contributed by atoms with van der Waals surface area (Å²) < 4.78 is 14.6. The number of aromatic nitrogens is 6. The lowest BCUT2D eigenvalue weighted by atomic mass is 9.70. The fraction of sp³-hybridized carbons (Fsp3) is 0.429. The average molecular weight is 534 g/mol. The number of carbonyl (C=O) groups is 1. The van der Waals surface area contributed by atoms with Crippen LogP contribution in [0.25, 0.3) is 5.82 Å². The first kappa shape index (κ1) is 27.9. The Morgan fingerprint density at radius 1 is 1.26 bits per heavy atom. The van der Waals surface area contributed by atoms with E-state index in [1.807, 2.05) is 52.8 Å². The summed E-state index contributed by atoms with van der Waals surface area (Å²) in [6, 6.07) is 3.64. The zero-order valence-electron chi connectivity index (χ0n) is 23.1. The highest BCUT2D eigenvalue weighted by Crippen LogP contribution is 2.42. The second-order valence-corrected chi connectivity index (χ2v) is 10.5. The van der Waals surface area contributed by atoms with Gasteiger partial charge in [0.2, 0.25) is 5.91 Å². The second-order valence-electron chi connectivity index (χ2n) is 10.5. The SMILES string of the molecule is C=N/C(=C\C=C(/C)[C@H](C)NC(=O)C1(C)CCC(c2nc(C)cc(Nc3cc(C)[nH]n3)n2)CC1)n1cc(F)cn1. The highest BCUT2D eigenvalue weighted by atomic mass is 19.1. The minimum atomic E-state index is -0.473. The van der Waals surface area contributed by atoms with Crippen molar-refractivity contribution >= 4 is 30.1 Å². The number of aliphatic imine (C=N–C) groups is 1. The number of rotatable bonds is 9. The maximum atomic E-state index is 13.3. The lowest BCUT2D eigenvalue weighted by Crippen LogP contribution is -2.45. The number of aromatic amines is 1. The van der Waals surface area contributed by atoms with Crippen LogP contribution in [0, 0.1) is 25.1 Å². The van der Waals surface area contributed by atoms with Crippen molar-refractivity contribution < 1.29 is 9.18 Å². The topological polar surface area (TPSA) is 126 Å². The highest BCUT2D eigenvalue weighted by molar-refractivity contribution is 5.83. The minimum Gasteiger partial charge on any atom is -0.349 e. The average Bonchev–Trinajstić information content (AvgIpc) is 3.51. The number of hydrogen-bond acceptors (Lipinski definition) is 7. The zero-order chi connectivity index (χ0) is 28.2. The molecule has 4 rings (SSSR count). The molecule has 0 unspecified atom stereocenters. The van der Waals surface area contributed by atoms with E-state index < -0.39 is 11.2 Å². The van der Waals surface area contributed by atoms with E-state index in [1.54, 1.807) is 6.08 Å². The van der Waals surface area contributed by atoms with Crippen molar-refractivity contribution in [1.82, 2.24) is 35.3 Å². The normalized spacial score (nSPS) is 20.9. The lowest BCUT2D eigenvalue weighted by Gasteiger charge is -2.36. The van der Waals surface area contributed by atoms with Crippen molar-refractivity contribution in [3.05, 3.63) is 65.3 Å².